The second-order valence-corrected chi connectivity index (χ2v) is 4.47. The van der Waals surface area contributed by atoms with Gasteiger partial charge in [-0.25, -0.2) is 0 Å². The monoisotopic (exact) mass is 304 g/mol. The highest BCUT2D eigenvalue weighted by atomic mass is 19.4. The van der Waals surface area contributed by atoms with Crippen LogP contribution in [0.25, 0.3) is 0 Å². The van der Waals surface area contributed by atoms with Crippen LogP contribution in [-0.4, -0.2) is 38.4 Å². The van der Waals surface area contributed by atoms with Crippen LogP contribution in [0.15, 0.2) is 24.3 Å². The van der Waals surface area contributed by atoms with Crippen molar-refractivity contribution < 1.29 is 27.4 Å². The molecule has 1 aliphatic rings. The van der Waals surface area contributed by atoms with Gasteiger partial charge in [0.1, 0.15) is 0 Å². The Kier molecular flexibility index (Phi) is 5.16. The number of nitrogens with one attached hydrogen (secondary N) is 2. The van der Waals surface area contributed by atoms with E-state index in [-0.39, 0.29) is 0 Å². The minimum atomic E-state index is -4.34. The Hall–Kier alpha value is -1.64. The molecule has 1 amide bonds. The van der Waals surface area contributed by atoms with E-state index >= 15 is 0 Å². The van der Waals surface area contributed by atoms with Crippen molar-refractivity contribution in [1.82, 2.24) is 5.32 Å². The lowest BCUT2D eigenvalue weighted by atomic mass is 10.2. The molecule has 0 aromatic heterocycles. The zero-order chi connectivity index (χ0) is 15.3. The van der Waals surface area contributed by atoms with E-state index in [1.165, 1.54) is 0 Å². The quantitative estimate of drug-likeness (QED) is 0.871. The molecule has 1 aromatic rings. The second-order valence-electron chi connectivity index (χ2n) is 4.47. The number of benzene rings is 1. The molecule has 21 heavy (non-hydrogen) atoms. The highest BCUT2D eigenvalue weighted by Gasteiger charge is 2.26. The van der Waals surface area contributed by atoms with Crippen LogP contribution >= 0.6 is 0 Å². The Morgan fingerprint density at radius 2 is 2.00 bits per heavy atom. The first kappa shape index (κ1) is 15.7. The summed E-state index contributed by atoms with van der Waals surface area (Å²) >= 11 is 0. The predicted molar refractivity (Wildman–Crippen MR) is 68.6 cm³/mol. The number of alkyl halides is 3. The van der Waals surface area contributed by atoms with E-state index in [0.717, 1.165) is 5.56 Å². The van der Waals surface area contributed by atoms with Gasteiger partial charge in [-0.15, -0.1) is 0 Å². The summed E-state index contributed by atoms with van der Waals surface area (Å²) in [5, 5.41) is 4.54. The van der Waals surface area contributed by atoms with Crippen molar-refractivity contribution >= 4 is 11.6 Å². The van der Waals surface area contributed by atoms with Gasteiger partial charge in [0.05, 0.1) is 26.3 Å². The maximum absolute atomic E-state index is 11.9. The summed E-state index contributed by atoms with van der Waals surface area (Å²) in [4.78, 5) is 11.5. The van der Waals surface area contributed by atoms with Gasteiger partial charge in [0.15, 0.2) is 6.29 Å². The molecular weight excluding hydrogens is 289 g/mol. The molecule has 0 unspecified atom stereocenters. The molecule has 5 nitrogen and oxygen atoms in total. The van der Waals surface area contributed by atoms with Crippen molar-refractivity contribution in [2.75, 3.05) is 31.6 Å². The summed E-state index contributed by atoms with van der Waals surface area (Å²) in [6.07, 6.45) is -4.80. The molecule has 1 saturated heterocycles. The fraction of sp³-hybridized carbons (Fsp3) is 0.462. The number of carbonyl (C=O) groups excluding carboxylic acids is 1. The van der Waals surface area contributed by atoms with E-state index in [1.54, 1.807) is 24.3 Å². The summed E-state index contributed by atoms with van der Waals surface area (Å²) in [5.41, 5.74) is 1.22. The van der Waals surface area contributed by atoms with Gasteiger partial charge in [-0.05, 0) is 12.1 Å². The minimum absolute atomic E-state index is 0.417. The Morgan fingerprint density at radius 3 is 2.67 bits per heavy atom. The molecule has 1 fully saturated rings. The van der Waals surface area contributed by atoms with E-state index < -0.39 is 31.5 Å². The van der Waals surface area contributed by atoms with Crippen LogP contribution in [-0.2, 0) is 14.3 Å². The molecule has 1 aliphatic heterocycles. The number of halogens is 3. The number of hydrogen-bond donors (Lipinski definition) is 2. The van der Waals surface area contributed by atoms with E-state index in [2.05, 4.69) is 5.32 Å². The molecule has 1 aromatic carbocycles. The summed E-state index contributed by atoms with van der Waals surface area (Å²) in [6, 6.07) is 6.80. The number of rotatable bonds is 5. The molecule has 2 N–H and O–H groups in total. The Morgan fingerprint density at radius 1 is 1.29 bits per heavy atom. The summed E-state index contributed by atoms with van der Waals surface area (Å²) in [6.45, 7) is -0.615. The van der Waals surface area contributed by atoms with Crippen molar-refractivity contribution in [2.24, 2.45) is 0 Å². The maximum atomic E-state index is 11.9. The van der Waals surface area contributed by atoms with Crippen molar-refractivity contribution in [2.45, 2.75) is 12.5 Å². The topological polar surface area (TPSA) is 59.6 Å². The first-order chi connectivity index (χ1) is 9.94. The molecule has 0 radical (unpaired) electrons. The fourth-order valence-electron chi connectivity index (χ4n) is 1.84. The third-order valence-corrected chi connectivity index (χ3v) is 2.68. The van der Waals surface area contributed by atoms with Crippen LogP contribution in [0.2, 0.25) is 0 Å². The SMILES string of the molecule is O=C(CNCC(F)(F)F)Nc1cccc(C2OCCO2)c1. The third kappa shape index (κ3) is 5.33. The van der Waals surface area contributed by atoms with Gasteiger partial charge in [-0.3, -0.25) is 4.79 Å². The van der Waals surface area contributed by atoms with Crippen LogP contribution in [0.5, 0.6) is 0 Å². The van der Waals surface area contributed by atoms with E-state index in [1.807, 2.05) is 5.32 Å². The lowest BCUT2D eigenvalue weighted by molar-refractivity contribution is -0.126. The fourth-order valence-corrected chi connectivity index (χ4v) is 1.84. The predicted octanol–water partition coefficient (Wildman–Crippen LogP) is 1.82. The molecule has 1 heterocycles. The van der Waals surface area contributed by atoms with Crippen molar-refractivity contribution in [3.05, 3.63) is 29.8 Å². The van der Waals surface area contributed by atoms with Gasteiger partial charge in [0.25, 0.3) is 0 Å². The molecule has 0 spiro atoms. The normalized spacial score (nSPS) is 16.1. The van der Waals surface area contributed by atoms with Crippen molar-refractivity contribution in [3.63, 3.8) is 0 Å². The zero-order valence-electron chi connectivity index (χ0n) is 11.1. The molecule has 2 rings (SSSR count). The molecule has 0 bridgehead atoms. The van der Waals surface area contributed by atoms with Crippen molar-refractivity contribution in [1.29, 1.82) is 0 Å². The first-order valence-electron chi connectivity index (χ1n) is 6.34. The highest BCUT2D eigenvalue weighted by Crippen LogP contribution is 2.25. The lowest BCUT2D eigenvalue weighted by Crippen LogP contribution is -2.35. The van der Waals surface area contributed by atoms with Gasteiger partial charge in [0.2, 0.25) is 5.91 Å². The van der Waals surface area contributed by atoms with Gasteiger partial charge in [-0.2, -0.15) is 13.2 Å². The highest BCUT2D eigenvalue weighted by molar-refractivity contribution is 5.92. The van der Waals surface area contributed by atoms with Gasteiger partial charge >= 0.3 is 6.18 Å². The van der Waals surface area contributed by atoms with Gasteiger partial charge in [-0.1, -0.05) is 12.1 Å². The number of hydrogen-bond acceptors (Lipinski definition) is 4. The van der Waals surface area contributed by atoms with Crippen LogP contribution in [0.3, 0.4) is 0 Å². The smallest absolute Gasteiger partial charge is 0.346 e. The number of carbonyl (C=O) groups is 1. The molecule has 116 valence electrons. The average molecular weight is 304 g/mol. The number of anilines is 1. The Bertz CT molecular complexity index is 488. The van der Waals surface area contributed by atoms with Crippen LogP contribution in [0.4, 0.5) is 18.9 Å². The van der Waals surface area contributed by atoms with Gasteiger partial charge in [0, 0.05) is 11.3 Å². The first-order valence-corrected chi connectivity index (χ1v) is 6.34. The van der Waals surface area contributed by atoms with Crippen molar-refractivity contribution in [3.8, 4) is 0 Å². The summed E-state index contributed by atoms with van der Waals surface area (Å²) < 4.78 is 46.5. The summed E-state index contributed by atoms with van der Waals surface area (Å²) in [5.74, 6) is -0.551. The zero-order valence-corrected chi connectivity index (χ0v) is 11.1. The lowest BCUT2D eigenvalue weighted by Gasteiger charge is -2.12. The Labute approximate surface area is 119 Å². The molecule has 0 saturated carbocycles. The maximum Gasteiger partial charge on any atom is 0.401 e. The molecular formula is C13H15F3N2O3. The van der Waals surface area contributed by atoms with Gasteiger partial charge < -0.3 is 20.1 Å². The summed E-state index contributed by atoms with van der Waals surface area (Å²) in [7, 11) is 0. The Balaban J connectivity index is 1.84. The van der Waals surface area contributed by atoms with E-state index in [0.29, 0.717) is 18.9 Å². The largest absolute Gasteiger partial charge is 0.401 e. The third-order valence-electron chi connectivity index (χ3n) is 2.68. The minimum Gasteiger partial charge on any atom is -0.346 e. The average Bonchev–Trinajstić information content (AvgIpc) is 2.91. The van der Waals surface area contributed by atoms with Crippen LogP contribution in [0, 0.1) is 0 Å². The number of ether oxygens (including phenoxy) is 2. The standard InChI is InChI=1S/C13H15F3N2O3/c14-13(15,16)8-17-7-11(19)18-10-3-1-2-9(6-10)12-20-4-5-21-12/h1-3,6,12,17H,4-5,7-8H2,(H,18,19). The molecule has 8 heteroatoms. The van der Waals surface area contributed by atoms with E-state index in [4.69, 9.17) is 9.47 Å². The van der Waals surface area contributed by atoms with Crippen LogP contribution in [0.1, 0.15) is 11.9 Å². The van der Waals surface area contributed by atoms with E-state index in [9.17, 15) is 18.0 Å². The number of amides is 1. The molecule has 0 aliphatic carbocycles. The molecule has 0 atom stereocenters. The second kappa shape index (κ2) is 6.88. The van der Waals surface area contributed by atoms with Crippen LogP contribution < -0.4 is 10.6 Å².